The van der Waals surface area contributed by atoms with Gasteiger partial charge in [0, 0.05) is 20.8 Å². The van der Waals surface area contributed by atoms with E-state index in [1.54, 1.807) is 0 Å². The molecule has 0 bridgehead atoms. The van der Waals surface area contributed by atoms with Crippen LogP contribution in [-0.4, -0.2) is 23.8 Å². The fraction of sp³-hybridized carbons (Fsp3) is 0.417. The normalized spacial score (nSPS) is 18.4. The van der Waals surface area contributed by atoms with Crippen molar-refractivity contribution < 1.29 is 14.3 Å². The highest BCUT2D eigenvalue weighted by molar-refractivity contribution is 5.83. The van der Waals surface area contributed by atoms with E-state index in [2.05, 4.69) is 11.3 Å². The lowest BCUT2D eigenvalue weighted by atomic mass is 10.2. The van der Waals surface area contributed by atoms with Crippen molar-refractivity contribution in [1.29, 1.82) is 0 Å². The van der Waals surface area contributed by atoms with Crippen LogP contribution in [0.3, 0.4) is 0 Å². The Balaban J connectivity index is 2.48. The van der Waals surface area contributed by atoms with Crippen LogP contribution in [0.5, 0.6) is 0 Å². The second-order valence-corrected chi connectivity index (χ2v) is 3.68. The van der Waals surface area contributed by atoms with Gasteiger partial charge in [-0.3, -0.25) is 0 Å². The summed E-state index contributed by atoms with van der Waals surface area (Å²) in [6, 6.07) is 0. The molecule has 1 fully saturated rings. The Morgan fingerprint density at radius 2 is 1.93 bits per heavy atom. The van der Waals surface area contributed by atoms with Crippen molar-refractivity contribution in [2.45, 2.75) is 24.0 Å². The molecule has 0 saturated heterocycles. The van der Waals surface area contributed by atoms with Crippen LogP contribution in [0.1, 0.15) is 12.8 Å². The van der Waals surface area contributed by atoms with Crippen molar-refractivity contribution >= 4 is 5.97 Å². The molecule has 1 rings (SSSR count). The van der Waals surface area contributed by atoms with Gasteiger partial charge in [0.05, 0.1) is 6.61 Å². The minimum atomic E-state index is -1.98. The van der Waals surface area contributed by atoms with Crippen LogP contribution >= 0.6 is 0 Å². The fourth-order valence-electron chi connectivity index (χ4n) is 1.01. The zero-order chi connectivity index (χ0) is 11.7. The molecule has 1 aliphatic rings. The van der Waals surface area contributed by atoms with E-state index in [0.717, 1.165) is 0 Å². The van der Waals surface area contributed by atoms with E-state index in [-0.39, 0.29) is 6.61 Å². The molecule has 0 N–H and O–H groups in total. The smallest absolute Gasteiger partial charge is 0.339 e. The van der Waals surface area contributed by atoms with E-state index < -0.39 is 17.2 Å². The van der Waals surface area contributed by atoms with Gasteiger partial charge in [-0.15, -0.1) is 0 Å². The number of carbonyl (C=O) groups is 1. The van der Waals surface area contributed by atoms with Crippen LogP contribution in [0.2, 0.25) is 0 Å². The molecule has 0 unspecified atom stereocenters. The summed E-state index contributed by atoms with van der Waals surface area (Å²) in [5, 5.41) is 0. The lowest BCUT2D eigenvalue weighted by Crippen LogP contribution is -2.35. The molecule has 0 aromatic carbocycles. The number of carbonyl (C=O) groups excluding carboxylic acids is 1. The molecule has 3 nitrogen and oxygen atoms in total. The Morgan fingerprint density at radius 1 is 1.40 bits per heavy atom. The van der Waals surface area contributed by atoms with E-state index >= 15 is 0 Å². The molecule has 15 heavy (non-hydrogen) atoms. The maximum Gasteiger partial charge on any atom is 0.339 e. The summed E-state index contributed by atoms with van der Waals surface area (Å²) >= 11 is 0. The topological polar surface area (TPSA) is 35.5 Å². The van der Waals surface area contributed by atoms with E-state index in [1.807, 2.05) is 0 Å². The molecular formula is C12H12O3. The van der Waals surface area contributed by atoms with Gasteiger partial charge in [0.2, 0.25) is 0 Å². The second kappa shape index (κ2) is 3.97. The molecule has 0 amide bonds. The van der Waals surface area contributed by atoms with E-state index in [1.165, 1.54) is 0 Å². The summed E-state index contributed by atoms with van der Waals surface area (Å²) in [5.41, 5.74) is -2.64. The molecular weight excluding hydrogens is 192 g/mol. The van der Waals surface area contributed by atoms with E-state index in [9.17, 15) is 4.79 Å². The molecule has 0 atom stereocenters. The standard InChI is InChI=1S/C12H12O3/c1-9(2)8-14-12(6-7-12)10(13)15-11(3,4)5/h1,3-5H,2,6-8H2. The lowest BCUT2D eigenvalue weighted by molar-refractivity contribution is -0.165. The highest BCUT2D eigenvalue weighted by Crippen LogP contribution is 2.41. The number of esters is 1. The highest BCUT2D eigenvalue weighted by Gasteiger charge is 2.54. The van der Waals surface area contributed by atoms with Crippen LogP contribution in [0.15, 0.2) is 12.2 Å². The third-order valence-electron chi connectivity index (χ3n) is 1.88. The monoisotopic (exact) mass is 204 g/mol. The average molecular weight is 204 g/mol. The van der Waals surface area contributed by atoms with Gasteiger partial charge in [0.25, 0.3) is 0 Å². The Morgan fingerprint density at radius 3 is 2.27 bits per heavy atom. The van der Waals surface area contributed by atoms with Crippen molar-refractivity contribution in [2.24, 2.45) is 0 Å². The molecule has 0 aromatic rings. The lowest BCUT2D eigenvalue weighted by Gasteiger charge is -2.22. The second-order valence-electron chi connectivity index (χ2n) is 3.68. The maximum atomic E-state index is 11.5. The summed E-state index contributed by atoms with van der Waals surface area (Å²) in [6.45, 7) is 24.2. The van der Waals surface area contributed by atoms with Gasteiger partial charge in [-0.2, -0.15) is 0 Å². The molecule has 0 spiro atoms. The number of rotatable bonds is 5. The Hall–Kier alpha value is -0.830. The van der Waals surface area contributed by atoms with Crippen LogP contribution in [-0.2, 0) is 14.3 Å². The maximum absolute atomic E-state index is 11.5. The van der Waals surface area contributed by atoms with Crippen LogP contribution in [0.4, 0.5) is 0 Å². The number of hydrogen-bond donors (Lipinski definition) is 0. The molecule has 1 aliphatic carbocycles. The van der Waals surface area contributed by atoms with Gasteiger partial charge in [-0.25, -0.2) is 4.79 Å². The van der Waals surface area contributed by atoms with Gasteiger partial charge >= 0.3 is 5.97 Å². The Labute approximate surface area is 91.4 Å². The third-order valence-corrected chi connectivity index (χ3v) is 1.88. The number of ether oxygens (including phenoxy) is 2. The fourth-order valence-corrected chi connectivity index (χ4v) is 1.01. The molecule has 0 aliphatic heterocycles. The van der Waals surface area contributed by atoms with Gasteiger partial charge in [-0.1, -0.05) is 6.58 Å². The minimum Gasteiger partial charge on any atom is -0.456 e. The first kappa shape index (κ1) is 12.2. The third kappa shape index (κ3) is 3.67. The quantitative estimate of drug-likeness (QED) is 0.631. The van der Waals surface area contributed by atoms with Gasteiger partial charge in [-0.05, 0) is 25.3 Å². The van der Waals surface area contributed by atoms with Gasteiger partial charge < -0.3 is 9.47 Å². The Bertz CT molecular complexity index is 269. The van der Waals surface area contributed by atoms with Gasteiger partial charge in [0.15, 0.2) is 5.60 Å². The predicted octanol–water partition coefficient (Wildman–Crippen LogP) is 1.22. The zero-order valence-corrected chi connectivity index (χ0v) is 8.36. The minimum absolute atomic E-state index is 0.0851. The first-order valence-electron chi connectivity index (χ1n) is 4.42. The van der Waals surface area contributed by atoms with Crippen molar-refractivity contribution in [1.82, 2.24) is 0 Å². The molecule has 3 heteroatoms. The average Bonchev–Trinajstić information content (AvgIpc) is 2.77. The largest absolute Gasteiger partial charge is 0.456 e. The van der Waals surface area contributed by atoms with Crippen LogP contribution in [0, 0.1) is 27.7 Å². The SMILES string of the molecule is [CH]C(=C)COC1(C(=O)OC([CH])([CH])[CH])CC1. The van der Waals surface area contributed by atoms with E-state index in [4.69, 9.17) is 32.4 Å². The number of hydrogen-bond acceptors (Lipinski definition) is 3. The van der Waals surface area contributed by atoms with E-state index in [0.29, 0.717) is 18.4 Å². The molecule has 0 aromatic heterocycles. The van der Waals surface area contributed by atoms with Gasteiger partial charge in [0.1, 0.15) is 5.60 Å². The molecule has 1 saturated carbocycles. The molecule has 78 valence electrons. The van der Waals surface area contributed by atoms with Crippen LogP contribution in [0.25, 0.3) is 0 Å². The van der Waals surface area contributed by atoms with Crippen LogP contribution < -0.4 is 0 Å². The first-order valence-corrected chi connectivity index (χ1v) is 4.42. The molecule has 0 heterocycles. The van der Waals surface area contributed by atoms with Crippen molar-refractivity contribution in [2.75, 3.05) is 6.61 Å². The summed E-state index contributed by atoms with van der Waals surface area (Å²) in [5.74, 6) is -0.670. The summed E-state index contributed by atoms with van der Waals surface area (Å²) in [6.07, 6.45) is 1.07. The zero-order valence-electron chi connectivity index (χ0n) is 8.36. The summed E-state index contributed by atoms with van der Waals surface area (Å²) in [4.78, 5) is 11.5. The molecule has 8 radical (unpaired) electrons. The highest BCUT2D eigenvalue weighted by atomic mass is 16.6. The van der Waals surface area contributed by atoms with Crippen molar-refractivity contribution in [3.63, 3.8) is 0 Å². The van der Waals surface area contributed by atoms with Crippen molar-refractivity contribution in [3.8, 4) is 0 Å². The summed E-state index contributed by atoms with van der Waals surface area (Å²) in [7, 11) is 0. The first-order chi connectivity index (χ1) is 6.75. The summed E-state index contributed by atoms with van der Waals surface area (Å²) < 4.78 is 9.84. The Kier molecular flexibility index (Phi) is 3.24. The van der Waals surface area contributed by atoms with Crippen molar-refractivity contribution in [3.05, 3.63) is 39.8 Å². The predicted molar refractivity (Wildman–Crippen MR) is 53.1 cm³/mol.